The zero-order valence-corrected chi connectivity index (χ0v) is 11.8. The van der Waals surface area contributed by atoms with Crippen LogP contribution in [0.5, 0.6) is 0 Å². The van der Waals surface area contributed by atoms with E-state index in [0.717, 1.165) is 30.7 Å². The molecule has 0 amide bonds. The average molecular weight is 245 g/mol. The molecule has 1 N–H and O–H groups in total. The summed E-state index contributed by atoms with van der Waals surface area (Å²) in [5.74, 6) is 1.74. The van der Waals surface area contributed by atoms with Gasteiger partial charge in [-0.25, -0.2) is 4.98 Å². The molecule has 18 heavy (non-hydrogen) atoms. The van der Waals surface area contributed by atoms with Crippen LogP contribution in [0.1, 0.15) is 37.6 Å². The lowest BCUT2D eigenvalue weighted by Crippen LogP contribution is -2.16. The first-order valence-electron chi connectivity index (χ1n) is 6.81. The molecule has 1 unspecified atom stereocenters. The Morgan fingerprint density at radius 3 is 2.72 bits per heavy atom. The van der Waals surface area contributed by atoms with Crippen molar-refractivity contribution in [2.24, 2.45) is 7.05 Å². The number of aryl methyl sites for hydroxylation is 2. The Kier molecular flexibility index (Phi) is 4.02. The van der Waals surface area contributed by atoms with E-state index in [9.17, 15) is 0 Å². The number of nitrogens with zero attached hydrogens (tertiary/aromatic N) is 2. The summed E-state index contributed by atoms with van der Waals surface area (Å²) in [6.07, 6.45) is 2.14. The Morgan fingerprint density at radius 2 is 2.11 bits per heavy atom. The fourth-order valence-corrected chi connectivity index (χ4v) is 2.57. The third kappa shape index (κ3) is 2.27. The number of fused-ring (bicyclic) bond motifs is 1. The van der Waals surface area contributed by atoms with E-state index in [-0.39, 0.29) is 0 Å². The van der Waals surface area contributed by atoms with Gasteiger partial charge in [0.15, 0.2) is 0 Å². The van der Waals surface area contributed by atoms with Gasteiger partial charge >= 0.3 is 0 Å². The summed E-state index contributed by atoms with van der Waals surface area (Å²) < 4.78 is 2.21. The van der Waals surface area contributed by atoms with Gasteiger partial charge in [0, 0.05) is 20.0 Å². The molecule has 3 heteroatoms. The monoisotopic (exact) mass is 245 g/mol. The summed E-state index contributed by atoms with van der Waals surface area (Å²) in [6.45, 7) is 5.42. The lowest BCUT2D eigenvalue weighted by molar-refractivity contribution is 0.612. The van der Waals surface area contributed by atoms with Crippen LogP contribution >= 0.6 is 0 Å². The fourth-order valence-electron chi connectivity index (χ4n) is 2.57. The second kappa shape index (κ2) is 5.53. The second-order valence-electron chi connectivity index (χ2n) is 4.85. The summed E-state index contributed by atoms with van der Waals surface area (Å²) in [5.41, 5.74) is 3.77. The van der Waals surface area contributed by atoms with Crippen LogP contribution in [0, 0.1) is 0 Å². The SMILES string of the molecule is CCc1nc2ccc(C(CC)CNC)cc2n1C. The lowest BCUT2D eigenvalue weighted by atomic mass is 9.96. The van der Waals surface area contributed by atoms with Gasteiger partial charge in [0.2, 0.25) is 0 Å². The van der Waals surface area contributed by atoms with Crippen LogP contribution in [0.4, 0.5) is 0 Å². The van der Waals surface area contributed by atoms with Crippen LogP contribution in [0.15, 0.2) is 18.2 Å². The third-order valence-corrected chi connectivity index (χ3v) is 3.73. The molecule has 2 rings (SSSR count). The molecule has 0 aliphatic rings. The molecular weight excluding hydrogens is 222 g/mol. The van der Waals surface area contributed by atoms with Gasteiger partial charge in [-0.3, -0.25) is 0 Å². The van der Waals surface area contributed by atoms with Crippen molar-refractivity contribution in [1.82, 2.24) is 14.9 Å². The van der Waals surface area contributed by atoms with Gasteiger partial charge in [-0.1, -0.05) is 19.9 Å². The molecule has 3 nitrogen and oxygen atoms in total. The normalized spacial score (nSPS) is 13.1. The van der Waals surface area contributed by atoms with Crippen molar-refractivity contribution in [3.63, 3.8) is 0 Å². The Bertz CT molecular complexity index is 528. The molecule has 0 spiro atoms. The van der Waals surface area contributed by atoms with Crippen LogP contribution in [0.25, 0.3) is 11.0 Å². The van der Waals surface area contributed by atoms with Crippen LogP contribution < -0.4 is 5.32 Å². The minimum Gasteiger partial charge on any atom is -0.331 e. The van der Waals surface area contributed by atoms with Gasteiger partial charge in [-0.05, 0) is 37.1 Å². The van der Waals surface area contributed by atoms with Crippen LogP contribution in [-0.4, -0.2) is 23.1 Å². The van der Waals surface area contributed by atoms with E-state index in [4.69, 9.17) is 0 Å². The largest absolute Gasteiger partial charge is 0.331 e. The van der Waals surface area contributed by atoms with Crippen molar-refractivity contribution in [3.05, 3.63) is 29.6 Å². The van der Waals surface area contributed by atoms with Gasteiger partial charge in [-0.15, -0.1) is 0 Å². The Balaban J connectivity index is 2.45. The molecule has 1 heterocycles. The molecule has 0 radical (unpaired) electrons. The van der Waals surface area contributed by atoms with Crippen molar-refractivity contribution >= 4 is 11.0 Å². The summed E-state index contributed by atoms with van der Waals surface area (Å²) in [7, 11) is 4.12. The zero-order chi connectivity index (χ0) is 13.1. The number of benzene rings is 1. The fraction of sp³-hybridized carbons (Fsp3) is 0.533. The van der Waals surface area contributed by atoms with E-state index in [1.54, 1.807) is 0 Å². The van der Waals surface area contributed by atoms with Gasteiger partial charge in [0.05, 0.1) is 11.0 Å². The summed E-state index contributed by atoms with van der Waals surface area (Å²) in [4.78, 5) is 4.65. The summed E-state index contributed by atoms with van der Waals surface area (Å²) >= 11 is 0. The molecule has 0 fully saturated rings. The molecular formula is C15H23N3. The maximum absolute atomic E-state index is 4.65. The van der Waals surface area contributed by atoms with Crippen molar-refractivity contribution < 1.29 is 0 Å². The number of imidazole rings is 1. The van der Waals surface area contributed by atoms with Crippen molar-refractivity contribution in [1.29, 1.82) is 0 Å². The lowest BCUT2D eigenvalue weighted by Gasteiger charge is -2.14. The highest BCUT2D eigenvalue weighted by Gasteiger charge is 2.12. The van der Waals surface area contributed by atoms with E-state index >= 15 is 0 Å². The average Bonchev–Trinajstić information content (AvgIpc) is 2.72. The van der Waals surface area contributed by atoms with E-state index < -0.39 is 0 Å². The molecule has 1 aromatic heterocycles. The molecule has 0 aliphatic heterocycles. The van der Waals surface area contributed by atoms with Crippen molar-refractivity contribution in [2.45, 2.75) is 32.6 Å². The highest BCUT2D eigenvalue weighted by molar-refractivity contribution is 5.77. The third-order valence-electron chi connectivity index (χ3n) is 3.73. The molecule has 2 aromatic rings. The van der Waals surface area contributed by atoms with Crippen LogP contribution in [0.3, 0.4) is 0 Å². The Morgan fingerprint density at radius 1 is 1.33 bits per heavy atom. The maximum atomic E-state index is 4.65. The standard InChI is InChI=1S/C15H23N3/c1-5-11(10-16-3)12-7-8-13-14(9-12)18(4)15(6-2)17-13/h7-9,11,16H,5-6,10H2,1-4H3. The van der Waals surface area contributed by atoms with Crippen molar-refractivity contribution in [3.8, 4) is 0 Å². The molecule has 0 aliphatic carbocycles. The van der Waals surface area contributed by atoms with E-state index in [0.29, 0.717) is 5.92 Å². The van der Waals surface area contributed by atoms with E-state index in [2.05, 4.69) is 54.0 Å². The van der Waals surface area contributed by atoms with Crippen molar-refractivity contribution in [2.75, 3.05) is 13.6 Å². The molecule has 0 bridgehead atoms. The first-order valence-corrected chi connectivity index (χ1v) is 6.81. The first kappa shape index (κ1) is 13.1. The molecule has 1 aromatic carbocycles. The summed E-state index contributed by atoms with van der Waals surface area (Å²) in [5, 5.41) is 3.27. The van der Waals surface area contributed by atoms with Gasteiger partial charge in [0.25, 0.3) is 0 Å². The first-order chi connectivity index (χ1) is 8.71. The zero-order valence-electron chi connectivity index (χ0n) is 11.8. The van der Waals surface area contributed by atoms with Gasteiger partial charge in [0.1, 0.15) is 5.82 Å². The number of likely N-dealkylation sites (N-methyl/N-ethyl adjacent to an activating group) is 1. The van der Waals surface area contributed by atoms with Gasteiger partial charge in [-0.2, -0.15) is 0 Å². The smallest absolute Gasteiger partial charge is 0.109 e. The minimum atomic E-state index is 0.583. The highest BCUT2D eigenvalue weighted by atomic mass is 15.1. The maximum Gasteiger partial charge on any atom is 0.109 e. The number of hydrogen-bond acceptors (Lipinski definition) is 2. The molecule has 98 valence electrons. The highest BCUT2D eigenvalue weighted by Crippen LogP contribution is 2.24. The Labute approximate surface area is 109 Å². The van der Waals surface area contributed by atoms with Crippen LogP contribution in [-0.2, 0) is 13.5 Å². The predicted octanol–water partition coefficient (Wildman–Crippen LogP) is 2.85. The number of rotatable bonds is 5. The molecule has 0 saturated heterocycles. The van der Waals surface area contributed by atoms with E-state index in [1.165, 1.54) is 11.1 Å². The number of nitrogens with one attached hydrogen (secondary N) is 1. The second-order valence-corrected chi connectivity index (χ2v) is 4.85. The topological polar surface area (TPSA) is 29.9 Å². The minimum absolute atomic E-state index is 0.583. The predicted molar refractivity (Wildman–Crippen MR) is 77.1 cm³/mol. The number of hydrogen-bond donors (Lipinski definition) is 1. The molecule has 0 saturated carbocycles. The summed E-state index contributed by atoms with van der Waals surface area (Å²) in [6, 6.07) is 6.68. The van der Waals surface area contributed by atoms with E-state index in [1.807, 2.05) is 7.05 Å². The van der Waals surface area contributed by atoms with Crippen LogP contribution in [0.2, 0.25) is 0 Å². The number of aromatic nitrogens is 2. The quantitative estimate of drug-likeness (QED) is 0.878. The van der Waals surface area contributed by atoms with Gasteiger partial charge < -0.3 is 9.88 Å². The Hall–Kier alpha value is -1.35. The molecule has 1 atom stereocenters.